The van der Waals surface area contributed by atoms with Crippen LogP contribution in [-0.2, 0) is 32.1 Å². The molecular formula is C36H47F4N3O8. The Kier molecular flexibility index (Phi) is 13.0. The smallest absolute Gasteiger partial charge is 0.471 e. The standard InChI is InChI=1S/C36H47F4N3O8/c1-9-22(10-2)18-41(33(48)51-35(6,7)8)19-24-16-25-26(43(24)32(46)47)17-27(49-21-23-14-12-11-13-15-23)30(29(25)37)42(31(45)36(38,39)40)20-28(44)50-34(3,4)5/h11-15,17,22,24H,9-10,16,18-21H2,1-8H3,(H,46,47)/t24-/m1/s1. The van der Waals surface area contributed by atoms with Gasteiger partial charge in [0.2, 0.25) is 0 Å². The first-order valence-corrected chi connectivity index (χ1v) is 16.7. The molecule has 0 radical (unpaired) electrons. The van der Waals surface area contributed by atoms with Crippen molar-refractivity contribution >= 4 is 35.4 Å². The fourth-order valence-electron chi connectivity index (χ4n) is 5.65. The number of esters is 1. The van der Waals surface area contributed by atoms with E-state index < -0.39 is 71.3 Å². The minimum atomic E-state index is -5.55. The average Bonchev–Trinajstić information content (AvgIpc) is 3.37. The predicted molar refractivity (Wildman–Crippen MR) is 181 cm³/mol. The lowest BCUT2D eigenvalue weighted by molar-refractivity contribution is -0.171. The Hall–Kier alpha value is -4.56. The molecule has 1 aliphatic rings. The third-order valence-electron chi connectivity index (χ3n) is 7.97. The topological polar surface area (TPSA) is 126 Å². The predicted octanol–water partition coefficient (Wildman–Crippen LogP) is 7.72. The molecule has 1 N–H and O–H groups in total. The van der Waals surface area contributed by atoms with E-state index in [1.54, 1.807) is 51.1 Å². The summed E-state index contributed by atoms with van der Waals surface area (Å²) in [7, 11) is 0. The van der Waals surface area contributed by atoms with Crippen LogP contribution in [0, 0.1) is 11.7 Å². The van der Waals surface area contributed by atoms with Crippen molar-refractivity contribution in [1.29, 1.82) is 0 Å². The zero-order valence-corrected chi connectivity index (χ0v) is 30.2. The number of alkyl halides is 3. The Labute approximate surface area is 295 Å². The van der Waals surface area contributed by atoms with E-state index in [0.717, 1.165) is 11.0 Å². The number of rotatable bonds is 12. The van der Waals surface area contributed by atoms with Crippen molar-refractivity contribution in [3.8, 4) is 5.75 Å². The Morgan fingerprint density at radius 1 is 0.961 bits per heavy atom. The lowest BCUT2D eigenvalue weighted by Gasteiger charge is -2.33. The monoisotopic (exact) mass is 725 g/mol. The number of nitrogens with zero attached hydrogens (tertiary/aromatic N) is 3. The molecule has 51 heavy (non-hydrogen) atoms. The average molecular weight is 726 g/mol. The maximum Gasteiger partial charge on any atom is 0.471 e. The lowest BCUT2D eigenvalue weighted by Crippen LogP contribution is -2.49. The molecule has 0 saturated carbocycles. The van der Waals surface area contributed by atoms with Crippen LogP contribution in [0.1, 0.15) is 79.4 Å². The summed E-state index contributed by atoms with van der Waals surface area (Å²) in [4.78, 5) is 54.0. The van der Waals surface area contributed by atoms with Gasteiger partial charge in [-0.3, -0.25) is 19.4 Å². The Morgan fingerprint density at radius 3 is 2.06 bits per heavy atom. The normalized spacial score (nSPS) is 14.6. The van der Waals surface area contributed by atoms with Crippen molar-refractivity contribution in [2.75, 3.05) is 29.4 Å². The number of anilines is 2. The molecule has 0 aromatic heterocycles. The number of hydrogen-bond acceptors (Lipinski definition) is 7. The van der Waals surface area contributed by atoms with Crippen LogP contribution in [0.25, 0.3) is 0 Å². The summed E-state index contributed by atoms with van der Waals surface area (Å²) < 4.78 is 75.6. The molecule has 1 heterocycles. The summed E-state index contributed by atoms with van der Waals surface area (Å²) in [5.74, 6) is -5.81. The third-order valence-corrected chi connectivity index (χ3v) is 7.97. The van der Waals surface area contributed by atoms with Gasteiger partial charge in [-0.15, -0.1) is 0 Å². The molecule has 15 heteroatoms. The zero-order valence-electron chi connectivity index (χ0n) is 30.2. The summed E-state index contributed by atoms with van der Waals surface area (Å²) in [5.41, 5.74) is -3.13. The Balaban J connectivity index is 2.21. The van der Waals surface area contributed by atoms with E-state index in [0.29, 0.717) is 18.4 Å². The molecule has 3 rings (SSSR count). The van der Waals surface area contributed by atoms with Gasteiger partial charge in [-0.25, -0.2) is 14.0 Å². The molecule has 2 aromatic carbocycles. The molecule has 0 bridgehead atoms. The molecule has 0 aliphatic carbocycles. The number of benzene rings is 2. The van der Waals surface area contributed by atoms with Crippen LogP contribution in [0.4, 0.5) is 38.5 Å². The summed E-state index contributed by atoms with van der Waals surface area (Å²) in [6.07, 6.45) is -6.79. The number of carbonyl (C=O) groups is 4. The number of ether oxygens (including phenoxy) is 3. The van der Waals surface area contributed by atoms with Crippen molar-refractivity contribution in [2.45, 2.75) is 105 Å². The first-order valence-electron chi connectivity index (χ1n) is 16.7. The molecule has 282 valence electrons. The molecule has 3 amide bonds. The van der Waals surface area contributed by atoms with Gasteiger partial charge in [-0.2, -0.15) is 13.2 Å². The fourth-order valence-corrected chi connectivity index (χ4v) is 5.65. The second-order valence-electron chi connectivity index (χ2n) is 14.4. The van der Waals surface area contributed by atoms with E-state index >= 15 is 4.39 Å². The van der Waals surface area contributed by atoms with Gasteiger partial charge in [0.25, 0.3) is 0 Å². The van der Waals surface area contributed by atoms with Gasteiger partial charge in [-0.05, 0) is 53.0 Å². The Morgan fingerprint density at radius 2 is 1.55 bits per heavy atom. The fraction of sp³-hybridized carbons (Fsp3) is 0.556. The first-order chi connectivity index (χ1) is 23.6. The van der Waals surface area contributed by atoms with Gasteiger partial charge in [0, 0.05) is 31.1 Å². The second kappa shape index (κ2) is 16.2. The van der Waals surface area contributed by atoms with Gasteiger partial charge in [-0.1, -0.05) is 57.0 Å². The van der Waals surface area contributed by atoms with Crippen molar-refractivity contribution in [1.82, 2.24) is 4.90 Å². The molecule has 1 aliphatic heterocycles. The van der Waals surface area contributed by atoms with Gasteiger partial charge >= 0.3 is 30.2 Å². The van der Waals surface area contributed by atoms with Gasteiger partial charge in [0.15, 0.2) is 5.82 Å². The van der Waals surface area contributed by atoms with E-state index in [9.17, 15) is 37.5 Å². The minimum Gasteiger partial charge on any atom is -0.487 e. The lowest BCUT2D eigenvalue weighted by atomic mass is 10.0. The van der Waals surface area contributed by atoms with Crippen LogP contribution in [0.2, 0.25) is 0 Å². The first kappa shape index (κ1) is 40.9. The molecular weight excluding hydrogens is 678 g/mol. The second-order valence-corrected chi connectivity index (χ2v) is 14.4. The van der Waals surface area contributed by atoms with E-state index in [1.165, 1.54) is 25.7 Å². The summed E-state index contributed by atoms with van der Waals surface area (Å²) in [5, 5.41) is 10.4. The van der Waals surface area contributed by atoms with Crippen LogP contribution < -0.4 is 14.5 Å². The number of hydrogen-bond donors (Lipinski definition) is 1. The third kappa shape index (κ3) is 11.0. The van der Waals surface area contributed by atoms with Crippen LogP contribution in [0.5, 0.6) is 5.75 Å². The van der Waals surface area contributed by atoms with Crippen molar-refractivity contribution in [2.24, 2.45) is 5.92 Å². The highest BCUT2D eigenvalue weighted by molar-refractivity contribution is 6.03. The van der Waals surface area contributed by atoms with Crippen LogP contribution in [-0.4, -0.2) is 77.1 Å². The summed E-state index contributed by atoms with van der Waals surface area (Å²) >= 11 is 0. The molecule has 1 atom stereocenters. The summed E-state index contributed by atoms with van der Waals surface area (Å²) in [6.45, 7) is 11.6. The highest BCUT2D eigenvalue weighted by atomic mass is 19.4. The van der Waals surface area contributed by atoms with E-state index in [2.05, 4.69) is 0 Å². The molecule has 11 nitrogen and oxygen atoms in total. The number of carbonyl (C=O) groups excluding carboxylic acids is 3. The zero-order chi connectivity index (χ0) is 38.5. The van der Waals surface area contributed by atoms with Gasteiger partial charge in [0.05, 0.1) is 11.7 Å². The van der Waals surface area contributed by atoms with Crippen LogP contribution in [0.3, 0.4) is 0 Å². The van der Waals surface area contributed by atoms with Crippen molar-refractivity contribution in [3.05, 3.63) is 53.3 Å². The number of carboxylic acid groups (broad SMARTS) is 1. The molecule has 0 unspecified atom stereocenters. The van der Waals surface area contributed by atoms with Crippen LogP contribution >= 0.6 is 0 Å². The molecule has 0 saturated heterocycles. The highest BCUT2D eigenvalue weighted by Crippen LogP contribution is 2.45. The molecule has 2 aromatic rings. The number of amides is 3. The number of halogens is 4. The summed E-state index contributed by atoms with van der Waals surface area (Å²) in [6, 6.07) is 8.24. The van der Waals surface area contributed by atoms with Crippen molar-refractivity contribution in [3.63, 3.8) is 0 Å². The SMILES string of the molecule is CCC(CC)CN(C[C@H]1Cc2c(cc(OCc3ccccc3)c(N(CC(=O)OC(C)(C)C)C(=O)C(F)(F)F)c2F)N1C(=O)O)C(=O)OC(C)(C)C. The number of fused-ring (bicyclic) bond motifs is 1. The van der Waals surface area contributed by atoms with Crippen LogP contribution in [0.15, 0.2) is 36.4 Å². The van der Waals surface area contributed by atoms with Gasteiger partial charge in [0.1, 0.15) is 35.8 Å². The molecule has 0 fully saturated rings. The largest absolute Gasteiger partial charge is 0.487 e. The van der Waals surface area contributed by atoms with E-state index in [4.69, 9.17) is 14.2 Å². The maximum atomic E-state index is 16.9. The minimum absolute atomic E-state index is 0.0238. The highest BCUT2D eigenvalue weighted by Gasteiger charge is 2.47. The van der Waals surface area contributed by atoms with Crippen molar-refractivity contribution < 1.29 is 56.1 Å². The maximum absolute atomic E-state index is 16.9. The van der Waals surface area contributed by atoms with E-state index in [1.807, 2.05) is 13.8 Å². The van der Waals surface area contributed by atoms with Gasteiger partial charge < -0.3 is 24.2 Å². The Bertz CT molecular complexity index is 1570. The molecule has 0 spiro atoms. The van der Waals surface area contributed by atoms with E-state index in [-0.39, 0.29) is 48.2 Å². The quantitative estimate of drug-likeness (QED) is 0.174.